The Kier molecular flexibility index (Phi) is 7.48. The molecule has 0 unspecified atom stereocenters. The molecule has 0 saturated heterocycles. The summed E-state index contributed by atoms with van der Waals surface area (Å²) in [5, 5.41) is 12.8. The first-order valence-corrected chi connectivity index (χ1v) is 14.8. The van der Waals surface area contributed by atoms with E-state index in [1.807, 2.05) is 19.9 Å². The maximum atomic E-state index is 12.8. The van der Waals surface area contributed by atoms with Gasteiger partial charge < -0.3 is 5.21 Å². The van der Waals surface area contributed by atoms with Crippen LogP contribution >= 0.6 is 0 Å². The van der Waals surface area contributed by atoms with Crippen molar-refractivity contribution in [2.45, 2.75) is 85.6 Å². The quantitative estimate of drug-likeness (QED) is 0.180. The molecule has 0 bridgehead atoms. The fourth-order valence-electron chi connectivity index (χ4n) is 6.02. The second-order valence-electron chi connectivity index (χ2n) is 12.9. The summed E-state index contributed by atoms with van der Waals surface area (Å²) in [7, 11) is 0. The summed E-state index contributed by atoms with van der Waals surface area (Å²) < 4.78 is 1.20. The van der Waals surface area contributed by atoms with Gasteiger partial charge >= 0.3 is 0 Å². The van der Waals surface area contributed by atoms with E-state index in [1.54, 1.807) is 0 Å². The first-order chi connectivity index (χ1) is 19.0. The third-order valence-corrected chi connectivity index (χ3v) is 8.71. The third-order valence-electron chi connectivity index (χ3n) is 8.71. The molecule has 0 N–H and O–H groups in total. The molecule has 206 valence electrons. The van der Waals surface area contributed by atoms with Gasteiger partial charge in [-0.05, 0) is 99.0 Å². The van der Waals surface area contributed by atoms with Crippen molar-refractivity contribution in [2.75, 3.05) is 0 Å². The maximum absolute atomic E-state index is 12.8. The second-order valence-corrected chi connectivity index (χ2v) is 12.9. The molecular formula is C38H43NO. The Bertz CT molecular complexity index is 1590. The molecule has 0 radical (unpaired) electrons. The van der Waals surface area contributed by atoms with Gasteiger partial charge in [-0.1, -0.05) is 88.4 Å². The highest BCUT2D eigenvalue weighted by atomic mass is 16.5. The number of fused-ring (bicyclic) bond motifs is 2. The average molecular weight is 530 g/mol. The van der Waals surface area contributed by atoms with E-state index in [1.165, 1.54) is 60.4 Å². The molecule has 4 aliphatic carbocycles. The van der Waals surface area contributed by atoms with Crippen LogP contribution in [0.3, 0.4) is 0 Å². The van der Waals surface area contributed by atoms with E-state index in [0.29, 0.717) is 11.8 Å². The summed E-state index contributed by atoms with van der Waals surface area (Å²) in [5.74, 6) is 0.922. The summed E-state index contributed by atoms with van der Waals surface area (Å²) in [6, 6.07) is 20.5. The van der Waals surface area contributed by atoms with Crippen LogP contribution < -0.4 is 0 Å². The van der Waals surface area contributed by atoms with Gasteiger partial charge in [-0.15, -0.1) is 0 Å². The van der Waals surface area contributed by atoms with Crippen LogP contribution in [0, 0.1) is 19.1 Å². The molecule has 0 aromatic heterocycles. The van der Waals surface area contributed by atoms with Crippen molar-refractivity contribution in [3.8, 4) is 22.3 Å². The average Bonchev–Trinajstić information content (AvgIpc) is 3.45. The Balaban J connectivity index is 1.61. The van der Waals surface area contributed by atoms with E-state index in [4.69, 9.17) is 0 Å². The Morgan fingerprint density at radius 3 is 1.93 bits per heavy atom. The summed E-state index contributed by atoms with van der Waals surface area (Å²) in [4.78, 5) is 0. The molecule has 0 saturated carbocycles. The molecular weight excluding hydrogens is 486 g/mol. The third kappa shape index (κ3) is 5.24. The minimum atomic E-state index is -0.331. The van der Waals surface area contributed by atoms with Gasteiger partial charge in [0.05, 0.1) is 0 Å². The summed E-state index contributed by atoms with van der Waals surface area (Å²) >= 11 is 0. The van der Waals surface area contributed by atoms with E-state index < -0.39 is 0 Å². The lowest BCUT2D eigenvalue weighted by Gasteiger charge is -2.17. The van der Waals surface area contributed by atoms with Gasteiger partial charge in [0.25, 0.3) is 0 Å². The van der Waals surface area contributed by atoms with E-state index in [2.05, 4.69) is 114 Å². The van der Waals surface area contributed by atoms with Crippen molar-refractivity contribution < 1.29 is 4.74 Å². The zero-order valence-corrected chi connectivity index (χ0v) is 25.4. The fraction of sp³-hybridized carbons (Fsp3) is 0.342. The Labute approximate surface area is 241 Å². The van der Waals surface area contributed by atoms with E-state index in [-0.39, 0.29) is 5.54 Å². The highest BCUT2D eigenvalue weighted by molar-refractivity contribution is 5.99. The lowest BCUT2D eigenvalue weighted by molar-refractivity contribution is -0.530. The van der Waals surface area contributed by atoms with Crippen molar-refractivity contribution >= 4 is 23.9 Å². The molecule has 0 atom stereocenters. The molecule has 2 nitrogen and oxygen atoms in total. The normalized spacial score (nSPS) is 15.8. The van der Waals surface area contributed by atoms with Crippen molar-refractivity contribution in [3.63, 3.8) is 0 Å². The van der Waals surface area contributed by atoms with Gasteiger partial charge in [0.15, 0.2) is 11.3 Å². The number of hydrogen-bond acceptors (Lipinski definition) is 1. The zero-order valence-electron chi connectivity index (χ0n) is 25.4. The Hall–Kier alpha value is -3.65. The van der Waals surface area contributed by atoms with E-state index in [0.717, 1.165) is 24.1 Å². The number of hydrogen-bond donors (Lipinski definition) is 0. The molecule has 0 amide bonds. The van der Waals surface area contributed by atoms with Gasteiger partial charge in [-0.3, -0.25) is 0 Å². The van der Waals surface area contributed by atoms with Crippen molar-refractivity contribution in [3.05, 3.63) is 105 Å². The summed E-state index contributed by atoms with van der Waals surface area (Å²) in [5.41, 5.74) is 14.5. The summed E-state index contributed by atoms with van der Waals surface area (Å²) in [6.45, 7) is 17.5. The van der Waals surface area contributed by atoms with Gasteiger partial charge in [0, 0.05) is 32.8 Å². The van der Waals surface area contributed by atoms with Crippen LogP contribution in [-0.4, -0.2) is 16.0 Å². The highest BCUT2D eigenvalue weighted by Crippen LogP contribution is 2.40. The zero-order chi connectivity index (χ0) is 28.8. The van der Waals surface area contributed by atoms with E-state index >= 15 is 0 Å². The molecule has 40 heavy (non-hydrogen) atoms. The number of aryl methyl sites for hydroxylation is 2. The van der Waals surface area contributed by atoms with Crippen molar-refractivity contribution in [1.29, 1.82) is 0 Å². The molecule has 0 fully saturated rings. The first kappa shape index (κ1) is 27.9. The van der Waals surface area contributed by atoms with Crippen LogP contribution in [0.2, 0.25) is 0 Å². The van der Waals surface area contributed by atoms with Gasteiger partial charge in [-0.25, -0.2) is 4.74 Å². The van der Waals surface area contributed by atoms with E-state index in [9.17, 15) is 5.21 Å². The highest BCUT2D eigenvalue weighted by Gasteiger charge is 2.35. The van der Waals surface area contributed by atoms with Crippen LogP contribution in [0.4, 0.5) is 0 Å². The monoisotopic (exact) mass is 529 g/mol. The second kappa shape index (κ2) is 10.7. The molecule has 5 aliphatic rings. The predicted molar refractivity (Wildman–Crippen MR) is 174 cm³/mol. The minimum Gasteiger partial charge on any atom is -0.623 e. The Morgan fingerprint density at radius 2 is 1.30 bits per heavy atom. The molecule has 1 heterocycles. The molecule has 0 spiro atoms. The maximum Gasteiger partial charge on any atom is 0.187 e. The van der Waals surface area contributed by atoms with Crippen molar-refractivity contribution in [2.24, 2.45) is 0 Å². The number of allylic oxidation sites excluding steroid dienone is 1. The van der Waals surface area contributed by atoms with Gasteiger partial charge in [0.1, 0.15) is 0 Å². The lowest BCUT2D eigenvalue weighted by Crippen LogP contribution is -2.28. The number of rotatable bonds is 6. The molecule has 5 rings (SSSR count). The van der Waals surface area contributed by atoms with Crippen LogP contribution in [-0.2, 0) is 0 Å². The smallest absolute Gasteiger partial charge is 0.187 e. The topological polar surface area (TPSA) is 26.1 Å². The standard InChI is InChI=1S/C38H43NO/c1-24(2)29-11-9-26(5)36-28(13-15-32(36)21-29)14-16-33-22-31(17-18-34-19-20-38(7,8)39(34)40)35-23-30(25(3)4)12-10-27(6)37(33)35/h9-18,21-25H,19-20H2,1-8H3/b16-14+,18-17+. The minimum absolute atomic E-state index is 0.331. The van der Waals surface area contributed by atoms with Crippen molar-refractivity contribution in [1.82, 2.24) is 0 Å². The molecule has 0 aromatic rings. The Morgan fingerprint density at radius 1 is 0.700 bits per heavy atom. The van der Waals surface area contributed by atoms with Crippen LogP contribution in [0.5, 0.6) is 0 Å². The molecule has 1 aliphatic heterocycles. The number of hydroxylamine groups is 1. The molecule has 2 heteroatoms. The summed E-state index contributed by atoms with van der Waals surface area (Å²) in [6.07, 6.45) is 10.5. The number of nitrogens with zero attached hydrogens (tertiary/aromatic N) is 1. The van der Waals surface area contributed by atoms with Crippen LogP contribution in [0.1, 0.15) is 105 Å². The first-order valence-electron chi connectivity index (χ1n) is 14.8. The van der Waals surface area contributed by atoms with Crippen LogP contribution in [0.15, 0.2) is 60.7 Å². The molecule has 0 aromatic carbocycles. The lowest BCUT2D eigenvalue weighted by atomic mass is 9.99. The predicted octanol–water partition coefficient (Wildman–Crippen LogP) is 10.5. The largest absolute Gasteiger partial charge is 0.623 e. The fourth-order valence-corrected chi connectivity index (χ4v) is 6.02. The van der Waals surface area contributed by atoms with Crippen LogP contribution in [0.25, 0.3) is 40.5 Å². The van der Waals surface area contributed by atoms with Gasteiger partial charge in [-0.2, -0.15) is 0 Å². The van der Waals surface area contributed by atoms with Gasteiger partial charge in [0.2, 0.25) is 0 Å². The SMILES string of the molecule is Cc1ccc(C(C)C)cc2ccc(/C=C/c3cc(/C=C/C4=[N+]([O-])C(C)(C)CC4)c4cc(C(C)C)ccc(C)c3-4)c1-2.